The number of hydrogen-bond donors (Lipinski definition) is 2. The van der Waals surface area contributed by atoms with Crippen LogP contribution in [-0.4, -0.2) is 39.3 Å². The Balaban J connectivity index is 2.08. The molecule has 2 rings (SSSR count). The predicted molar refractivity (Wildman–Crippen MR) is 105 cm³/mol. The first kappa shape index (κ1) is 20.1. The van der Waals surface area contributed by atoms with Gasteiger partial charge in [-0.3, -0.25) is 0 Å². The number of thioether (sulfide) groups is 1. The molecule has 0 spiro atoms. The van der Waals surface area contributed by atoms with Crippen molar-refractivity contribution in [2.75, 3.05) is 39.9 Å². The molecule has 7 heteroatoms. The van der Waals surface area contributed by atoms with E-state index in [0.29, 0.717) is 45.8 Å². The van der Waals surface area contributed by atoms with Gasteiger partial charge in [-0.2, -0.15) is 11.8 Å². The quantitative estimate of drug-likeness (QED) is 0.647. The number of benzene rings is 2. The van der Waals surface area contributed by atoms with E-state index < -0.39 is 6.10 Å². The Hall–Kier alpha value is -2.25. The minimum atomic E-state index is -0.744. The van der Waals surface area contributed by atoms with Crippen molar-refractivity contribution in [1.82, 2.24) is 0 Å². The molecule has 0 bridgehead atoms. The Labute approximate surface area is 158 Å². The minimum absolute atomic E-state index is 0.477. The number of aliphatic hydroxyl groups excluding tert-OH is 1. The van der Waals surface area contributed by atoms with Crippen LogP contribution >= 0.6 is 11.8 Å². The first-order valence-corrected chi connectivity index (χ1v) is 9.17. The lowest BCUT2D eigenvalue weighted by Gasteiger charge is -2.19. The average molecular weight is 379 g/mol. The van der Waals surface area contributed by atoms with Crippen molar-refractivity contribution in [3.8, 4) is 23.0 Å². The van der Waals surface area contributed by atoms with Crippen LogP contribution in [0.5, 0.6) is 23.0 Å². The maximum absolute atomic E-state index is 10.7. The van der Waals surface area contributed by atoms with Crippen LogP contribution in [0.1, 0.15) is 17.2 Å². The number of nitrogens with two attached hydrogens (primary N) is 1. The summed E-state index contributed by atoms with van der Waals surface area (Å²) in [6.07, 6.45) is -0.744. The molecule has 3 N–H and O–H groups in total. The fraction of sp³-hybridized carbons (Fsp3) is 0.368. The highest BCUT2D eigenvalue weighted by molar-refractivity contribution is 7.98. The third kappa shape index (κ3) is 4.68. The van der Waals surface area contributed by atoms with E-state index in [2.05, 4.69) is 0 Å². The third-order valence-corrected chi connectivity index (χ3v) is 5.01. The Morgan fingerprint density at radius 2 is 1.54 bits per heavy atom. The summed E-state index contributed by atoms with van der Waals surface area (Å²) < 4.78 is 21.2. The molecule has 26 heavy (non-hydrogen) atoms. The summed E-state index contributed by atoms with van der Waals surface area (Å²) in [6.45, 7) is 0. The Morgan fingerprint density at radius 1 is 0.923 bits per heavy atom. The number of nitrogen functional groups attached to an aromatic ring is 1. The number of anilines is 1. The summed E-state index contributed by atoms with van der Waals surface area (Å²) in [6, 6.07) is 9.15. The molecule has 0 saturated carbocycles. The van der Waals surface area contributed by atoms with Gasteiger partial charge in [-0.1, -0.05) is 6.07 Å². The smallest absolute Gasteiger partial charge is 0.141 e. The molecule has 142 valence electrons. The monoisotopic (exact) mass is 379 g/mol. The normalized spacial score (nSPS) is 11.7. The zero-order valence-corrected chi connectivity index (χ0v) is 16.3. The van der Waals surface area contributed by atoms with Crippen LogP contribution in [-0.2, 0) is 5.75 Å². The zero-order chi connectivity index (χ0) is 19.1. The molecular weight excluding hydrogens is 354 g/mol. The fourth-order valence-corrected chi connectivity index (χ4v) is 3.53. The second-order valence-electron chi connectivity index (χ2n) is 5.55. The molecule has 0 fully saturated rings. The van der Waals surface area contributed by atoms with Crippen molar-refractivity contribution in [2.24, 2.45) is 0 Å². The lowest BCUT2D eigenvalue weighted by molar-refractivity contribution is 0.193. The van der Waals surface area contributed by atoms with Crippen molar-refractivity contribution < 1.29 is 24.1 Å². The first-order valence-electron chi connectivity index (χ1n) is 8.02. The highest BCUT2D eigenvalue weighted by Crippen LogP contribution is 2.39. The number of rotatable bonds is 9. The van der Waals surface area contributed by atoms with E-state index in [0.717, 1.165) is 5.56 Å². The Bertz CT molecular complexity index is 713. The largest absolute Gasteiger partial charge is 0.496 e. The highest BCUT2D eigenvalue weighted by Gasteiger charge is 2.20. The molecule has 1 atom stereocenters. The molecule has 6 nitrogen and oxygen atoms in total. The molecule has 0 radical (unpaired) electrons. The van der Waals surface area contributed by atoms with Gasteiger partial charge in [-0.25, -0.2) is 0 Å². The van der Waals surface area contributed by atoms with Crippen LogP contribution < -0.4 is 24.7 Å². The van der Waals surface area contributed by atoms with Crippen LogP contribution in [0, 0.1) is 0 Å². The maximum atomic E-state index is 10.7. The second kappa shape index (κ2) is 9.45. The van der Waals surface area contributed by atoms with Gasteiger partial charge >= 0.3 is 0 Å². The van der Waals surface area contributed by atoms with E-state index in [1.807, 2.05) is 18.2 Å². The zero-order valence-electron chi connectivity index (χ0n) is 15.4. The van der Waals surface area contributed by atoms with E-state index in [1.54, 1.807) is 52.3 Å². The Kier molecular flexibility index (Phi) is 7.29. The van der Waals surface area contributed by atoms with Crippen LogP contribution in [0.4, 0.5) is 5.69 Å². The summed E-state index contributed by atoms with van der Waals surface area (Å²) in [5.41, 5.74) is 8.20. The standard InChI is InChI=1S/C19H25NO5S/c1-22-13-8-17(24-3)19(18(9-13)25-4)15(21)11-26-10-12-5-6-16(23-2)14(20)7-12/h5-9,15,21H,10-11,20H2,1-4H3. The van der Waals surface area contributed by atoms with Crippen LogP contribution in [0.25, 0.3) is 0 Å². The first-order chi connectivity index (χ1) is 12.5. The van der Waals surface area contributed by atoms with Gasteiger partial charge < -0.3 is 29.8 Å². The summed E-state index contributed by atoms with van der Waals surface area (Å²) in [5, 5.41) is 10.7. The number of methoxy groups -OCH3 is 4. The molecule has 0 heterocycles. The summed E-state index contributed by atoms with van der Waals surface area (Å²) in [4.78, 5) is 0. The molecule has 0 aromatic heterocycles. The van der Waals surface area contributed by atoms with Crippen molar-refractivity contribution in [3.05, 3.63) is 41.5 Å². The molecule has 0 amide bonds. The molecular formula is C19H25NO5S. The fourth-order valence-electron chi connectivity index (χ4n) is 2.61. The lowest BCUT2D eigenvalue weighted by Crippen LogP contribution is -2.07. The topological polar surface area (TPSA) is 83.2 Å². The SMILES string of the molecule is COc1cc(OC)c(C(O)CSCc2ccc(OC)c(N)c2)c(OC)c1. The van der Waals surface area contributed by atoms with Gasteiger partial charge in [-0.15, -0.1) is 0 Å². The molecule has 2 aromatic carbocycles. The van der Waals surface area contributed by atoms with E-state index in [-0.39, 0.29) is 0 Å². The minimum Gasteiger partial charge on any atom is -0.496 e. The van der Waals surface area contributed by atoms with Gasteiger partial charge in [0.1, 0.15) is 23.0 Å². The number of aliphatic hydroxyl groups is 1. The average Bonchev–Trinajstić information content (AvgIpc) is 2.66. The van der Waals surface area contributed by atoms with Crippen LogP contribution in [0.2, 0.25) is 0 Å². The highest BCUT2D eigenvalue weighted by atomic mass is 32.2. The summed E-state index contributed by atoms with van der Waals surface area (Å²) >= 11 is 1.59. The molecule has 1 unspecified atom stereocenters. The van der Waals surface area contributed by atoms with Crippen molar-refractivity contribution in [1.29, 1.82) is 0 Å². The molecule has 0 saturated heterocycles. The van der Waals surface area contributed by atoms with Gasteiger partial charge in [0.05, 0.1) is 45.8 Å². The van der Waals surface area contributed by atoms with Crippen molar-refractivity contribution in [2.45, 2.75) is 11.9 Å². The van der Waals surface area contributed by atoms with Crippen molar-refractivity contribution in [3.63, 3.8) is 0 Å². The molecule has 2 aromatic rings. The lowest BCUT2D eigenvalue weighted by atomic mass is 10.1. The summed E-state index contributed by atoms with van der Waals surface area (Å²) in [5.74, 6) is 3.52. The maximum Gasteiger partial charge on any atom is 0.141 e. The van der Waals surface area contributed by atoms with E-state index >= 15 is 0 Å². The van der Waals surface area contributed by atoms with E-state index in [4.69, 9.17) is 24.7 Å². The van der Waals surface area contributed by atoms with Gasteiger partial charge in [0.15, 0.2) is 0 Å². The van der Waals surface area contributed by atoms with Gasteiger partial charge in [0.2, 0.25) is 0 Å². The van der Waals surface area contributed by atoms with E-state index in [9.17, 15) is 5.11 Å². The van der Waals surface area contributed by atoms with Gasteiger partial charge in [0.25, 0.3) is 0 Å². The number of ether oxygens (including phenoxy) is 4. The second-order valence-corrected chi connectivity index (χ2v) is 6.58. The predicted octanol–water partition coefficient (Wildman–Crippen LogP) is 3.27. The molecule has 0 aliphatic heterocycles. The molecule has 0 aliphatic rings. The molecule has 0 aliphatic carbocycles. The van der Waals surface area contributed by atoms with Crippen LogP contribution in [0.15, 0.2) is 30.3 Å². The van der Waals surface area contributed by atoms with Crippen molar-refractivity contribution >= 4 is 17.4 Å². The van der Waals surface area contributed by atoms with Crippen LogP contribution in [0.3, 0.4) is 0 Å². The van der Waals surface area contributed by atoms with E-state index in [1.165, 1.54) is 0 Å². The third-order valence-electron chi connectivity index (χ3n) is 3.92. The Morgan fingerprint density at radius 3 is 2.04 bits per heavy atom. The summed E-state index contributed by atoms with van der Waals surface area (Å²) in [7, 11) is 6.27. The number of hydrogen-bond acceptors (Lipinski definition) is 7. The van der Waals surface area contributed by atoms with Gasteiger partial charge in [-0.05, 0) is 17.7 Å². The van der Waals surface area contributed by atoms with Gasteiger partial charge in [0, 0.05) is 23.6 Å².